The summed E-state index contributed by atoms with van der Waals surface area (Å²) in [6.45, 7) is 9.02. The summed E-state index contributed by atoms with van der Waals surface area (Å²) in [5.74, 6) is -0.109. The topological polar surface area (TPSA) is 95.6 Å². The number of sulfonamides is 1. The number of aryl methyl sites for hydroxylation is 1. The van der Waals surface area contributed by atoms with Gasteiger partial charge in [0.1, 0.15) is 0 Å². The van der Waals surface area contributed by atoms with Gasteiger partial charge in [-0.15, -0.1) is 0 Å². The maximum atomic E-state index is 12.6. The summed E-state index contributed by atoms with van der Waals surface area (Å²) in [4.78, 5) is 25.1. The van der Waals surface area contributed by atoms with E-state index in [0.717, 1.165) is 5.56 Å². The molecule has 0 aliphatic heterocycles. The molecule has 2 aromatic rings. The molecule has 0 aliphatic rings. The predicted octanol–water partition coefficient (Wildman–Crippen LogP) is 3.67. The van der Waals surface area contributed by atoms with Crippen molar-refractivity contribution in [3.8, 4) is 0 Å². The van der Waals surface area contributed by atoms with Crippen molar-refractivity contribution >= 4 is 27.5 Å². The van der Waals surface area contributed by atoms with Crippen LogP contribution in [0.1, 0.15) is 50.0 Å². The van der Waals surface area contributed by atoms with Gasteiger partial charge in [0.05, 0.1) is 16.1 Å². The average Bonchev–Trinajstić information content (AvgIpc) is 2.77. The van der Waals surface area contributed by atoms with E-state index in [-0.39, 0.29) is 23.1 Å². The average molecular weight is 460 g/mol. The van der Waals surface area contributed by atoms with Gasteiger partial charge in [-0.2, -0.15) is 4.31 Å². The molecule has 0 atom stereocenters. The van der Waals surface area contributed by atoms with Crippen molar-refractivity contribution in [2.75, 3.05) is 25.0 Å². The molecule has 0 heterocycles. The molecule has 2 N–H and O–H groups in total. The van der Waals surface area contributed by atoms with Crippen molar-refractivity contribution in [2.45, 2.75) is 45.4 Å². The van der Waals surface area contributed by atoms with E-state index in [2.05, 4.69) is 10.6 Å². The first-order valence-electron chi connectivity index (χ1n) is 10.9. The zero-order valence-electron chi connectivity index (χ0n) is 19.2. The highest BCUT2D eigenvalue weighted by Gasteiger charge is 2.21. The standard InChI is InChI=1S/C24H33N3O4S/c1-5-27(6-2)32(30,31)20-14-11-19(12-15-20)13-16-23(28)26-22-10-8-7-9-21(22)24(29)25-17-18(3)4/h7-12,14-15,18H,5-6,13,16-17H2,1-4H3,(H,25,29)(H,26,28). The van der Waals surface area contributed by atoms with Gasteiger partial charge in [-0.3, -0.25) is 9.59 Å². The number of amides is 2. The van der Waals surface area contributed by atoms with Gasteiger partial charge in [-0.1, -0.05) is 52.0 Å². The van der Waals surface area contributed by atoms with Crippen LogP contribution in [-0.4, -0.2) is 44.2 Å². The van der Waals surface area contributed by atoms with Crippen LogP contribution in [0.3, 0.4) is 0 Å². The lowest BCUT2D eigenvalue weighted by molar-refractivity contribution is -0.116. The van der Waals surface area contributed by atoms with Crippen LogP contribution in [0.2, 0.25) is 0 Å². The van der Waals surface area contributed by atoms with E-state index in [1.165, 1.54) is 4.31 Å². The Hall–Kier alpha value is -2.71. The van der Waals surface area contributed by atoms with Gasteiger partial charge in [0, 0.05) is 26.1 Å². The van der Waals surface area contributed by atoms with E-state index in [9.17, 15) is 18.0 Å². The van der Waals surface area contributed by atoms with Crippen molar-refractivity contribution in [1.29, 1.82) is 0 Å². The van der Waals surface area contributed by atoms with Gasteiger partial charge in [0.2, 0.25) is 15.9 Å². The Balaban J connectivity index is 1.99. The van der Waals surface area contributed by atoms with Crippen molar-refractivity contribution in [2.24, 2.45) is 5.92 Å². The monoisotopic (exact) mass is 459 g/mol. The molecule has 2 aromatic carbocycles. The quantitative estimate of drug-likeness (QED) is 0.536. The zero-order valence-corrected chi connectivity index (χ0v) is 20.0. The molecule has 0 aromatic heterocycles. The van der Waals surface area contributed by atoms with Gasteiger partial charge in [0.25, 0.3) is 5.91 Å². The first kappa shape index (κ1) is 25.5. The molecule has 0 saturated heterocycles. The Morgan fingerprint density at radius 3 is 2.19 bits per heavy atom. The summed E-state index contributed by atoms with van der Waals surface area (Å²) in [7, 11) is -3.50. The molecule has 174 valence electrons. The van der Waals surface area contributed by atoms with Crippen molar-refractivity contribution < 1.29 is 18.0 Å². The third kappa shape index (κ3) is 6.90. The Kier molecular flexibility index (Phi) is 9.41. The number of hydrogen-bond acceptors (Lipinski definition) is 4. The minimum atomic E-state index is -3.50. The predicted molar refractivity (Wildman–Crippen MR) is 127 cm³/mol. The lowest BCUT2D eigenvalue weighted by Gasteiger charge is -2.18. The fourth-order valence-electron chi connectivity index (χ4n) is 3.19. The van der Waals surface area contributed by atoms with Gasteiger partial charge in [-0.25, -0.2) is 8.42 Å². The van der Waals surface area contributed by atoms with Crippen molar-refractivity contribution in [3.05, 3.63) is 59.7 Å². The van der Waals surface area contributed by atoms with E-state index in [1.54, 1.807) is 62.4 Å². The molecule has 0 bridgehead atoms. The Bertz CT molecular complexity index is 1010. The zero-order chi connectivity index (χ0) is 23.7. The van der Waals surface area contributed by atoms with Crippen LogP contribution in [0.15, 0.2) is 53.4 Å². The number of nitrogens with one attached hydrogen (secondary N) is 2. The number of anilines is 1. The lowest BCUT2D eigenvalue weighted by Crippen LogP contribution is -2.30. The van der Waals surface area contributed by atoms with Gasteiger partial charge < -0.3 is 10.6 Å². The summed E-state index contributed by atoms with van der Waals surface area (Å²) < 4.78 is 26.6. The maximum Gasteiger partial charge on any atom is 0.253 e. The van der Waals surface area contributed by atoms with E-state index in [1.807, 2.05) is 13.8 Å². The summed E-state index contributed by atoms with van der Waals surface area (Å²) >= 11 is 0. The third-order valence-corrected chi connectivity index (χ3v) is 7.09. The number of para-hydroxylation sites is 1. The molecule has 0 unspecified atom stereocenters. The van der Waals surface area contributed by atoms with Crippen LogP contribution in [0.4, 0.5) is 5.69 Å². The fourth-order valence-corrected chi connectivity index (χ4v) is 4.65. The highest BCUT2D eigenvalue weighted by atomic mass is 32.2. The molecule has 32 heavy (non-hydrogen) atoms. The molecule has 8 heteroatoms. The van der Waals surface area contributed by atoms with Crippen molar-refractivity contribution in [3.63, 3.8) is 0 Å². The summed E-state index contributed by atoms with van der Waals surface area (Å²) in [5.41, 5.74) is 1.76. The summed E-state index contributed by atoms with van der Waals surface area (Å²) in [5, 5.41) is 5.67. The summed E-state index contributed by atoms with van der Waals surface area (Å²) in [6.07, 6.45) is 0.670. The Morgan fingerprint density at radius 2 is 1.59 bits per heavy atom. The van der Waals surface area contributed by atoms with Crippen LogP contribution in [0, 0.1) is 5.92 Å². The number of carbonyl (C=O) groups is 2. The molecule has 0 fully saturated rings. The first-order chi connectivity index (χ1) is 15.2. The number of hydrogen-bond donors (Lipinski definition) is 2. The van der Waals surface area contributed by atoms with Crippen LogP contribution >= 0.6 is 0 Å². The molecule has 2 rings (SSSR count). The second-order valence-corrected chi connectivity index (χ2v) is 9.87. The lowest BCUT2D eigenvalue weighted by atomic mass is 10.1. The highest BCUT2D eigenvalue weighted by Crippen LogP contribution is 2.18. The SMILES string of the molecule is CCN(CC)S(=O)(=O)c1ccc(CCC(=O)Nc2ccccc2C(=O)NCC(C)C)cc1. The van der Waals surface area contributed by atoms with E-state index >= 15 is 0 Å². The molecule has 0 saturated carbocycles. The minimum Gasteiger partial charge on any atom is -0.352 e. The first-order valence-corrected chi connectivity index (χ1v) is 12.4. The van der Waals surface area contributed by atoms with Crippen LogP contribution in [-0.2, 0) is 21.2 Å². The van der Waals surface area contributed by atoms with Crippen LogP contribution < -0.4 is 10.6 Å². The number of nitrogens with zero attached hydrogens (tertiary/aromatic N) is 1. The smallest absolute Gasteiger partial charge is 0.253 e. The largest absolute Gasteiger partial charge is 0.352 e. The van der Waals surface area contributed by atoms with E-state index in [4.69, 9.17) is 0 Å². The van der Waals surface area contributed by atoms with E-state index in [0.29, 0.717) is 43.2 Å². The van der Waals surface area contributed by atoms with Gasteiger partial charge in [0.15, 0.2) is 0 Å². The van der Waals surface area contributed by atoms with Gasteiger partial charge >= 0.3 is 0 Å². The maximum absolute atomic E-state index is 12.6. The van der Waals surface area contributed by atoms with Gasteiger partial charge in [-0.05, 0) is 42.2 Å². The molecular weight excluding hydrogens is 426 g/mol. The molecular formula is C24H33N3O4S. The van der Waals surface area contributed by atoms with E-state index < -0.39 is 10.0 Å². The number of benzene rings is 2. The normalized spacial score (nSPS) is 11.6. The molecule has 7 nitrogen and oxygen atoms in total. The molecule has 0 spiro atoms. The molecule has 2 amide bonds. The van der Waals surface area contributed by atoms with Crippen LogP contribution in [0.25, 0.3) is 0 Å². The molecule has 0 aliphatic carbocycles. The second-order valence-electron chi connectivity index (χ2n) is 7.93. The number of carbonyl (C=O) groups excluding carboxylic acids is 2. The van der Waals surface area contributed by atoms with Crippen LogP contribution in [0.5, 0.6) is 0 Å². The fraction of sp³-hybridized carbons (Fsp3) is 0.417. The van der Waals surface area contributed by atoms with Crippen molar-refractivity contribution in [1.82, 2.24) is 9.62 Å². The number of rotatable bonds is 11. The Labute approximate surface area is 191 Å². The molecule has 0 radical (unpaired) electrons. The minimum absolute atomic E-state index is 0.212. The second kappa shape index (κ2) is 11.8. The highest BCUT2D eigenvalue weighted by molar-refractivity contribution is 7.89. The third-order valence-electron chi connectivity index (χ3n) is 5.02. The Morgan fingerprint density at radius 1 is 0.969 bits per heavy atom. The summed E-state index contributed by atoms with van der Waals surface area (Å²) in [6, 6.07) is 13.5.